The van der Waals surface area contributed by atoms with E-state index in [-0.39, 0.29) is 30.4 Å². The molecule has 1 aromatic carbocycles. The van der Waals surface area contributed by atoms with Crippen molar-refractivity contribution in [1.29, 1.82) is 0 Å². The van der Waals surface area contributed by atoms with Crippen LogP contribution in [0, 0.1) is 10.1 Å². The molecule has 0 spiro atoms. The number of nitro groups is 1. The minimum absolute atomic E-state index is 0.0189. The van der Waals surface area contributed by atoms with Crippen molar-refractivity contribution < 1.29 is 27.7 Å². The van der Waals surface area contributed by atoms with Gasteiger partial charge in [0.2, 0.25) is 0 Å². The van der Waals surface area contributed by atoms with Crippen molar-refractivity contribution in [3.63, 3.8) is 0 Å². The van der Waals surface area contributed by atoms with Gasteiger partial charge in [0.15, 0.2) is 11.5 Å². The molecule has 0 aliphatic heterocycles. The molecule has 0 radical (unpaired) electrons. The average molecular weight is 411 g/mol. The number of carbonyl (C=O) groups is 1. The normalized spacial score (nSPS) is 14.7. The third-order valence-electron chi connectivity index (χ3n) is 4.24. The van der Waals surface area contributed by atoms with E-state index >= 15 is 0 Å². The minimum Gasteiger partial charge on any atom is -0.380 e. The van der Waals surface area contributed by atoms with Gasteiger partial charge in [-0.2, -0.15) is 18.3 Å². The van der Waals surface area contributed by atoms with Crippen LogP contribution in [0.15, 0.2) is 35.5 Å². The van der Waals surface area contributed by atoms with Crippen LogP contribution in [0.5, 0.6) is 0 Å². The lowest BCUT2D eigenvalue weighted by Crippen LogP contribution is -2.16. The van der Waals surface area contributed by atoms with Gasteiger partial charge in [-0.25, -0.2) is 4.79 Å². The van der Waals surface area contributed by atoms with Crippen molar-refractivity contribution in [3.05, 3.63) is 57.4 Å². The van der Waals surface area contributed by atoms with Crippen LogP contribution in [0.2, 0.25) is 0 Å². The van der Waals surface area contributed by atoms with E-state index in [4.69, 9.17) is 5.73 Å². The number of non-ortho nitro benzene ring substituents is 1. The van der Waals surface area contributed by atoms with Crippen LogP contribution in [-0.2, 0) is 22.4 Å². The van der Waals surface area contributed by atoms with Gasteiger partial charge in [0.1, 0.15) is 0 Å². The predicted molar refractivity (Wildman–Crippen MR) is 93.7 cm³/mol. The summed E-state index contributed by atoms with van der Waals surface area (Å²) in [5.41, 5.74) is 5.28. The molecule has 3 rings (SSSR count). The molecule has 2 aromatic rings. The second-order valence-corrected chi connectivity index (χ2v) is 6.44. The number of alkyl halides is 3. The highest BCUT2D eigenvalue weighted by atomic mass is 19.4. The fourth-order valence-electron chi connectivity index (χ4n) is 2.61. The smallest absolute Gasteiger partial charge is 0.380 e. The van der Waals surface area contributed by atoms with Crippen molar-refractivity contribution in [2.75, 3.05) is 0 Å². The molecule has 0 saturated heterocycles. The second-order valence-electron chi connectivity index (χ2n) is 6.44. The van der Waals surface area contributed by atoms with Gasteiger partial charge < -0.3 is 10.6 Å². The highest BCUT2D eigenvalue weighted by Gasteiger charge is 2.37. The SMILES string of the molecule is N/C(=N\OC(=O)CCn1nc(C(F)(F)F)cc1C1CC1)c1ccc([N+](=O)[O-])cc1. The lowest BCUT2D eigenvalue weighted by atomic mass is 10.2. The first kappa shape index (κ1) is 20.3. The number of nitro benzene ring substituents is 1. The van der Waals surface area contributed by atoms with Gasteiger partial charge in [-0.1, -0.05) is 5.16 Å². The van der Waals surface area contributed by atoms with Gasteiger partial charge in [0.05, 0.1) is 17.9 Å². The number of hydrogen-bond acceptors (Lipinski definition) is 6. The maximum atomic E-state index is 12.9. The summed E-state index contributed by atoms with van der Waals surface area (Å²) in [5.74, 6) is -0.962. The maximum absolute atomic E-state index is 12.9. The van der Waals surface area contributed by atoms with Crippen LogP contribution in [0.3, 0.4) is 0 Å². The summed E-state index contributed by atoms with van der Waals surface area (Å²) in [7, 11) is 0. The molecule has 12 heteroatoms. The average Bonchev–Trinajstić information content (AvgIpc) is 3.42. The van der Waals surface area contributed by atoms with Crippen LogP contribution >= 0.6 is 0 Å². The summed E-state index contributed by atoms with van der Waals surface area (Å²) in [5, 5.41) is 17.6. The highest BCUT2D eigenvalue weighted by Crippen LogP contribution is 2.42. The van der Waals surface area contributed by atoms with Crippen molar-refractivity contribution in [2.45, 2.75) is 37.9 Å². The molecule has 1 fully saturated rings. The van der Waals surface area contributed by atoms with E-state index in [9.17, 15) is 28.1 Å². The number of carbonyl (C=O) groups excluding carboxylic acids is 1. The molecule has 1 heterocycles. The molecule has 0 bridgehead atoms. The summed E-state index contributed by atoms with van der Waals surface area (Å²) in [6.45, 7) is -0.0896. The number of benzene rings is 1. The first-order valence-electron chi connectivity index (χ1n) is 8.58. The summed E-state index contributed by atoms with van der Waals surface area (Å²) in [4.78, 5) is 26.6. The van der Waals surface area contributed by atoms with E-state index in [1.165, 1.54) is 28.9 Å². The Hall–Kier alpha value is -3.44. The molecule has 1 aromatic heterocycles. The zero-order valence-electron chi connectivity index (χ0n) is 14.9. The quantitative estimate of drug-likeness (QED) is 0.245. The number of oxime groups is 1. The van der Waals surface area contributed by atoms with Crippen LogP contribution in [0.25, 0.3) is 0 Å². The van der Waals surface area contributed by atoms with Crippen LogP contribution in [0.4, 0.5) is 18.9 Å². The Labute approximate surface area is 162 Å². The molecule has 1 saturated carbocycles. The molecular weight excluding hydrogens is 395 g/mol. The summed E-state index contributed by atoms with van der Waals surface area (Å²) < 4.78 is 39.8. The molecular formula is C17H16F3N5O4. The molecule has 0 atom stereocenters. The van der Waals surface area contributed by atoms with Crippen molar-refractivity contribution >= 4 is 17.5 Å². The van der Waals surface area contributed by atoms with E-state index in [0.717, 1.165) is 18.9 Å². The highest BCUT2D eigenvalue weighted by molar-refractivity contribution is 5.97. The van der Waals surface area contributed by atoms with E-state index in [0.29, 0.717) is 11.3 Å². The number of hydrogen-bond donors (Lipinski definition) is 1. The molecule has 154 valence electrons. The lowest BCUT2D eigenvalue weighted by molar-refractivity contribution is -0.384. The Bertz CT molecular complexity index is 949. The zero-order valence-corrected chi connectivity index (χ0v) is 14.9. The van der Waals surface area contributed by atoms with Gasteiger partial charge in [-0.3, -0.25) is 14.8 Å². The molecule has 0 amide bonds. The summed E-state index contributed by atoms with van der Waals surface area (Å²) >= 11 is 0. The summed E-state index contributed by atoms with van der Waals surface area (Å²) in [6.07, 6.45) is -3.25. The van der Waals surface area contributed by atoms with Crippen molar-refractivity contribution in [1.82, 2.24) is 9.78 Å². The number of nitrogens with two attached hydrogens (primary N) is 1. The maximum Gasteiger partial charge on any atom is 0.435 e. The van der Waals surface area contributed by atoms with E-state index in [1.54, 1.807) is 0 Å². The first-order valence-corrected chi connectivity index (χ1v) is 8.58. The molecule has 29 heavy (non-hydrogen) atoms. The first-order chi connectivity index (χ1) is 13.6. The number of aryl methyl sites for hydroxylation is 1. The van der Waals surface area contributed by atoms with Crippen LogP contribution < -0.4 is 5.73 Å². The molecule has 1 aliphatic carbocycles. The Balaban J connectivity index is 1.59. The van der Waals surface area contributed by atoms with Gasteiger partial charge >= 0.3 is 12.1 Å². The molecule has 2 N–H and O–H groups in total. The number of aromatic nitrogens is 2. The second kappa shape index (κ2) is 7.89. The van der Waals surface area contributed by atoms with Gasteiger partial charge in [-0.15, -0.1) is 0 Å². The van der Waals surface area contributed by atoms with Crippen molar-refractivity contribution in [2.24, 2.45) is 10.9 Å². The monoisotopic (exact) mass is 411 g/mol. The number of halogens is 3. The zero-order chi connectivity index (χ0) is 21.2. The number of nitrogens with zero attached hydrogens (tertiary/aromatic N) is 4. The fraction of sp³-hybridized carbons (Fsp3) is 0.353. The van der Waals surface area contributed by atoms with Gasteiger partial charge in [0.25, 0.3) is 5.69 Å². The predicted octanol–water partition coefficient (Wildman–Crippen LogP) is 2.94. The summed E-state index contributed by atoms with van der Waals surface area (Å²) in [6, 6.07) is 6.13. The largest absolute Gasteiger partial charge is 0.435 e. The fourth-order valence-corrected chi connectivity index (χ4v) is 2.61. The van der Waals surface area contributed by atoms with Gasteiger partial charge in [-0.05, 0) is 31.0 Å². The van der Waals surface area contributed by atoms with Crippen LogP contribution in [0.1, 0.15) is 42.1 Å². The third-order valence-corrected chi connectivity index (χ3v) is 4.24. The van der Waals surface area contributed by atoms with E-state index in [1.807, 2.05) is 0 Å². The van der Waals surface area contributed by atoms with E-state index < -0.39 is 22.8 Å². The Morgan fingerprint density at radius 3 is 2.55 bits per heavy atom. The Morgan fingerprint density at radius 2 is 2.00 bits per heavy atom. The minimum atomic E-state index is -4.56. The standard InChI is InChI=1S/C17H16F3N5O4/c18-17(19,20)14-9-13(10-1-2-10)24(22-14)8-7-15(26)29-23-16(21)11-3-5-12(6-4-11)25(27)28/h3-6,9-10H,1-2,7-8H2,(H2,21,23). The third kappa shape index (κ3) is 5.09. The Kier molecular flexibility index (Phi) is 5.52. The van der Waals surface area contributed by atoms with Crippen LogP contribution in [-0.4, -0.2) is 26.5 Å². The van der Waals surface area contributed by atoms with Gasteiger partial charge in [0, 0.05) is 29.3 Å². The Morgan fingerprint density at radius 1 is 1.34 bits per heavy atom. The van der Waals surface area contributed by atoms with Crippen molar-refractivity contribution in [3.8, 4) is 0 Å². The topological polar surface area (TPSA) is 126 Å². The molecule has 0 unspecified atom stereocenters. The molecule has 1 aliphatic rings. The van der Waals surface area contributed by atoms with E-state index in [2.05, 4.69) is 15.1 Å². The number of rotatable bonds is 7. The lowest BCUT2D eigenvalue weighted by Gasteiger charge is -2.06. The molecule has 9 nitrogen and oxygen atoms in total. The number of amidine groups is 1.